The molecule has 0 atom stereocenters. The van der Waals surface area contributed by atoms with Gasteiger partial charge < -0.3 is 15.5 Å². The molecule has 0 aromatic heterocycles. The molecule has 0 bridgehead atoms. The summed E-state index contributed by atoms with van der Waals surface area (Å²) >= 11 is 0. The Kier molecular flexibility index (Phi) is 6.07. The van der Waals surface area contributed by atoms with Crippen LogP contribution < -0.4 is 10.6 Å². The molecule has 2 amide bonds. The number of likely N-dealkylation sites (tertiary alicyclic amines) is 1. The lowest BCUT2D eigenvalue weighted by Gasteiger charge is -2.32. The summed E-state index contributed by atoms with van der Waals surface area (Å²) in [6.45, 7) is 2.68. The number of amides is 2. The van der Waals surface area contributed by atoms with Crippen molar-refractivity contribution in [2.75, 3.05) is 47.3 Å². The van der Waals surface area contributed by atoms with Crippen LogP contribution in [0.5, 0.6) is 0 Å². The van der Waals surface area contributed by atoms with E-state index >= 15 is 0 Å². The molecule has 1 aliphatic heterocycles. The number of nitrogens with one attached hydrogen (secondary N) is 2. The molecule has 2 N–H and O–H groups in total. The minimum atomic E-state index is 0.0141. The van der Waals surface area contributed by atoms with Crippen LogP contribution in [0.1, 0.15) is 12.8 Å². The summed E-state index contributed by atoms with van der Waals surface area (Å²) in [6, 6.07) is 0.382. The van der Waals surface area contributed by atoms with Gasteiger partial charge in [0.2, 0.25) is 11.8 Å². The molecule has 1 heterocycles. The molecule has 0 spiro atoms. The van der Waals surface area contributed by atoms with Gasteiger partial charge in [-0.3, -0.25) is 14.5 Å². The lowest BCUT2D eigenvalue weighted by atomic mass is 10.1. The van der Waals surface area contributed by atoms with Crippen molar-refractivity contribution in [1.82, 2.24) is 20.4 Å². The van der Waals surface area contributed by atoms with Crippen LogP contribution in [0.2, 0.25) is 0 Å². The molecule has 1 fully saturated rings. The normalized spacial score (nSPS) is 17.5. The van der Waals surface area contributed by atoms with Crippen LogP contribution in [0, 0.1) is 0 Å². The summed E-state index contributed by atoms with van der Waals surface area (Å²) in [4.78, 5) is 26.5. The molecule has 1 saturated heterocycles. The van der Waals surface area contributed by atoms with E-state index in [-0.39, 0.29) is 11.8 Å². The number of rotatable bonds is 5. The monoisotopic (exact) mass is 256 g/mol. The fraction of sp³-hybridized carbons (Fsp3) is 0.833. The Balaban J connectivity index is 2.20. The second-order valence-corrected chi connectivity index (χ2v) is 4.89. The SMILES string of the molecule is CNC(=O)CNC1CCN(CC(=O)N(C)C)CC1. The van der Waals surface area contributed by atoms with Crippen molar-refractivity contribution in [2.24, 2.45) is 0 Å². The van der Waals surface area contributed by atoms with Crippen molar-refractivity contribution >= 4 is 11.8 Å². The predicted octanol–water partition coefficient (Wildman–Crippen LogP) is -1.13. The number of hydrogen-bond donors (Lipinski definition) is 2. The number of hydrogen-bond acceptors (Lipinski definition) is 4. The molecule has 0 radical (unpaired) electrons. The van der Waals surface area contributed by atoms with Gasteiger partial charge in [-0.05, 0) is 12.8 Å². The summed E-state index contributed by atoms with van der Waals surface area (Å²) < 4.78 is 0. The van der Waals surface area contributed by atoms with Crippen molar-refractivity contribution in [3.05, 3.63) is 0 Å². The zero-order chi connectivity index (χ0) is 13.5. The second-order valence-electron chi connectivity index (χ2n) is 4.89. The maximum Gasteiger partial charge on any atom is 0.236 e. The third-order valence-electron chi connectivity index (χ3n) is 3.28. The van der Waals surface area contributed by atoms with Crippen LogP contribution in [0.25, 0.3) is 0 Å². The van der Waals surface area contributed by atoms with Crippen molar-refractivity contribution in [3.8, 4) is 0 Å². The van der Waals surface area contributed by atoms with Crippen molar-refractivity contribution in [3.63, 3.8) is 0 Å². The van der Waals surface area contributed by atoms with Crippen LogP contribution in [0.3, 0.4) is 0 Å². The zero-order valence-corrected chi connectivity index (χ0v) is 11.5. The van der Waals surface area contributed by atoms with Gasteiger partial charge in [0.25, 0.3) is 0 Å². The summed E-state index contributed by atoms with van der Waals surface area (Å²) in [5, 5.41) is 5.82. The molecule has 6 nitrogen and oxygen atoms in total. The van der Waals surface area contributed by atoms with Gasteiger partial charge in [-0.1, -0.05) is 0 Å². The molecule has 0 unspecified atom stereocenters. The fourth-order valence-electron chi connectivity index (χ4n) is 1.95. The Bertz CT molecular complexity index is 286. The molecule has 1 rings (SSSR count). The standard InChI is InChI=1S/C12H24N4O2/c1-13-11(17)8-14-10-4-6-16(7-5-10)9-12(18)15(2)3/h10,14H,4-9H2,1-3H3,(H,13,17). The van der Waals surface area contributed by atoms with Crippen molar-refractivity contribution in [1.29, 1.82) is 0 Å². The van der Waals surface area contributed by atoms with Gasteiger partial charge >= 0.3 is 0 Å². The second kappa shape index (κ2) is 7.33. The molecule has 0 aromatic rings. The van der Waals surface area contributed by atoms with Gasteiger partial charge in [-0.2, -0.15) is 0 Å². The van der Waals surface area contributed by atoms with Gasteiger partial charge in [-0.25, -0.2) is 0 Å². The average Bonchev–Trinajstić information content (AvgIpc) is 2.37. The molecule has 6 heteroatoms. The van der Waals surface area contributed by atoms with Gasteiger partial charge in [0.05, 0.1) is 13.1 Å². The zero-order valence-electron chi connectivity index (χ0n) is 11.5. The first kappa shape index (κ1) is 14.9. The fourth-order valence-corrected chi connectivity index (χ4v) is 1.95. The molecule has 1 aliphatic rings. The van der Waals surface area contributed by atoms with Gasteiger partial charge in [0, 0.05) is 40.3 Å². The Labute approximate surface area is 109 Å². The molecule has 0 aromatic carbocycles. The first-order chi connectivity index (χ1) is 8.52. The maximum atomic E-state index is 11.6. The maximum absolute atomic E-state index is 11.6. The number of likely N-dealkylation sites (N-methyl/N-ethyl adjacent to an activating group) is 2. The highest BCUT2D eigenvalue weighted by Crippen LogP contribution is 2.09. The van der Waals surface area contributed by atoms with E-state index in [9.17, 15) is 9.59 Å². The Hall–Kier alpha value is -1.14. The summed E-state index contributed by atoms with van der Waals surface area (Å²) in [6.07, 6.45) is 1.97. The third kappa shape index (κ3) is 5.01. The largest absolute Gasteiger partial charge is 0.358 e. The van der Waals surface area contributed by atoms with Crippen LogP contribution in [-0.4, -0.2) is 75.0 Å². The summed E-state index contributed by atoms with van der Waals surface area (Å²) in [5.74, 6) is 0.159. The molecule has 18 heavy (non-hydrogen) atoms. The summed E-state index contributed by atoms with van der Waals surface area (Å²) in [7, 11) is 5.19. The van der Waals surface area contributed by atoms with E-state index < -0.39 is 0 Å². The highest BCUT2D eigenvalue weighted by atomic mass is 16.2. The molecule has 104 valence electrons. The first-order valence-electron chi connectivity index (χ1n) is 6.39. The lowest BCUT2D eigenvalue weighted by molar-refractivity contribution is -0.130. The van der Waals surface area contributed by atoms with Crippen LogP contribution in [0.4, 0.5) is 0 Å². The van der Waals surface area contributed by atoms with Crippen molar-refractivity contribution in [2.45, 2.75) is 18.9 Å². The Morgan fingerprint density at radius 3 is 2.39 bits per heavy atom. The highest BCUT2D eigenvalue weighted by Gasteiger charge is 2.21. The van der Waals surface area contributed by atoms with Crippen molar-refractivity contribution < 1.29 is 9.59 Å². The van der Waals surface area contributed by atoms with Crippen LogP contribution in [0.15, 0.2) is 0 Å². The Morgan fingerprint density at radius 2 is 1.89 bits per heavy atom. The number of nitrogens with zero attached hydrogens (tertiary/aromatic N) is 2. The quantitative estimate of drug-likeness (QED) is 0.654. The first-order valence-corrected chi connectivity index (χ1v) is 6.39. The van der Waals surface area contributed by atoms with E-state index in [1.54, 1.807) is 26.0 Å². The van der Waals surface area contributed by atoms with Gasteiger partial charge in [-0.15, -0.1) is 0 Å². The molecule has 0 saturated carbocycles. The van der Waals surface area contributed by atoms with E-state index in [1.165, 1.54) is 0 Å². The third-order valence-corrected chi connectivity index (χ3v) is 3.28. The van der Waals surface area contributed by atoms with E-state index in [0.717, 1.165) is 25.9 Å². The number of carbonyl (C=O) groups excluding carboxylic acids is 2. The topological polar surface area (TPSA) is 64.7 Å². The molecule has 0 aliphatic carbocycles. The molecular formula is C12H24N4O2. The van der Waals surface area contributed by atoms with Crippen LogP contribution >= 0.6 is 0 Å². The predicted molar refractivity (Wildman–Crippen MR) is 70.2 cm³/mol. The van der Waals surface area contributed by atoms with Crippen LogP contribution in [-0.2, 0) is 9.59 Å². The smallest absolute Gasteiger partial charge is 0.236 e. The lowest BCUT2D eigenvalue weighted by Crippen LogP contribution is -2.47. The van der Waals surface area contributed by atoms with E-state index in [2.05, 4.69) is 15.5 Å². The van der Waals surface area contributed by atoms with Gasteiger partial charge in [0.15, 0.2) is 0 Å². The average molecular weight is 256 g/mol. The Morgan fingerprint density at radius 1 is 1.28 bits per heavy atom. The molecular weight excluding hydrogens is 232 g/mol. The minimum absolute atomic E-state index is 0.0141. The van der Waals surface area contributed by atoms with Gasteiger partial charge in [0.1, 0.15) is 0 Å². The number of piperidine rings is 1. The minimum Gasteiger partial charge on any atom is -0.358 e. The van der Waals surface area contributed by atoms with E-state index in [1.807, 2.05) is 0 Å². The summed E-state index contributed by atoms with van der Waals surface area (Å²) in [5.41, 5.74) is 0. The van der Waals surface area contributed by atoms with E-state index in [4.69, 9.17) is 0 Å². The highest BCUT2D eigenvalue weighted by molar-refractivity contribution is 5.78. The number of carbonyl (C=O) groups is 2. The van der Waals surface area contributed by atoms with E-state index in [0.29, 0.717) is 19.1 Å².